The largest absolute Gasteiger partial charge is 1.00 e. The van der Waals surface area contributed by atoms with E-state index in [1.165, 1.54) is 0 Å². The fraction of sp³-hybridized carbons (Fsp3) is 0.958. The summed E-state index contributed by atoms with van der Waals surface area (Å²) in [4.78, 5) is 11.0. The topological polar surface area (TPSA) is 101 Å². The number of carbonyl (C=O) groups excluding carboxylic acids is 1. The van der Waals surface area contributed by atoms with Crippen LogP contribution in [-0.4, -0.2) is 39.6 Å². The molecule has 4 aliphatic carbocycles. The van der Waals surface area contributed by atoms with Gasteiger partial charge in [-0.15, -0.1) is 0 Å². The quantitative estimate of drug-likeness (QED) is 0.503. The Hall–Kier alpha value is 0.350. The Kier molecular flexibility index (Phi) is 7.45. The molecule has 11 atom stereocenters. The Labute approximate surface area is 203 Å². The Bertz CT molecular complexity index is 643. The summed E-state index contributed by atoms with van der Waals surface area (Å²) in [7, 11) is 0. The van der Waals surface area contributed by atoms with Crippen molar-refractivity contribution in [3.8, 4) is 0 Å². The molecule has 4 saturated carbocycles. The van der Waals surface area contributed by atoms with Gasteiger partial charge in [0.2, 0.25) is 0 Å². The van der Waals surface area contributed by atoms with Crippen molar-refractivity contribution in [2.75, 3.05) is 0 Å². The van der Waals surface area contributed by atoms with Crippen LogP contribution in [0.4, 0.5) is 0 Å². The first-order chi connectivity index (χ1) is 13.6. The maximum Gasteiger partial charge on any atom is 1.00 e. The molecular weight excluding hydrogens is 391 g/mol. The fourth-order valence-corrected chi connectivity index (χ4v) is 8.68. The first kappa shape index (κ1) is 25.0. The monoisotopic (exact) mass is 430 g/mol. The van der Waals surface area contributed by atoms with E-state index in [-0.39, 0.29) is 82.7 Å². The number of aliphatic hydroxyl groups is 3. The predicted molar refractivity (Wildman–Crippen MR) is 107 cm³/mol. The van der Waals surface area contributed by atoms with E-state index in [9.17, 15) is 25.2 Å². The zero-order valence-electron chi connectivity index (χ0n) is 19.2. The minimum Gasteiger partial charge on any atom is -0.550 e. The average molecular weight is 431 g/mol. The molecule has 0 saturated heterocycles. The summed E-state index contributed by atoms with van der Waals surface area (Å²) in [5.41, 5.74) is -0.172. The molecule has 4 fully saturated rings. The van der Waals surface area contributed by atoms with Crippen LogP contribution in [0.1, 0.15) is 78.6 Å². The van der Waals surface area contributed by atoms with Gasteiger partial charge in [0.1, 0.15) is 0 Å². The van der Waals surface area contributed by atoms with Crippen LogP contribution < -0.4 is 34.7 Å². The van der Waals surface area contributed by atoms with Crippen LogP contribution in [0.15, 0.2) is 0 Å². The van der Waals surface area contributed by atoms with Crippen molar-refractivity contribution in [1.82, 2.24) is 0 Å². The molecule has 0 bridgehead atoms. The van der Waals surface area contributed by atoms with Gasteiger partial charge in [0.05, 0.1) is 18.3 Å². The van der Waals surface area contributed by atoms with Gasteiger partial charge in [0.15, 0.2) is 0 Å². The zero-order valence-corrected chi connectivity index (χ0v) is 21.2. The molecule has 4 aliphatic rings. The minimum absolute atomic E-state index is 0. The third-order valence-corrected chi connectivity index (χ3v) is 10.3. The second-order valence-corrected chi connectivity index (χ2v) is 11.4. The molecule has 0 aromatic carbocycles. The van der Waals surface area contributed by atoms with Crippen molar-refractivity contribution in [3.63, 3.8) is 0 Å². The third-order valence-electron chi connectivity index (χ3n) is 10.3. The molecule has 0 aromatic rings. The number of hydrogen-bond acceptors (Lipinski definition) is 5. The van der Waals surface area contributed by atoms with Gasteiger partial charge >= 0.3 is 29.6 Å². The molecule has 0 aromatic heterocycles. The normalized spacial score (nSPS) is 51.1. The van der Waals surface area contributed by atoms with E-state index in [0.29, 0.717) is 18.3 Å². The predicted octanol–water partition coefficient (Wildman–Crippen LogP) is -0.882. The van der Waals surface area contributed by atoms with Gasteiger partial charge in [-0.1, -0.05) is 20.8 Å². The van der Waals surface area contributed by atoms with Gasteiger partial charge in [-0.05, 0) is 104 Å². The number of hydrogen-bond donors (Lipinski definition) is 3. The number of aliphatic carboxylic acids is 1. The zero-order chi connectivity index (χ0) is 21.1. The molecule has 0 aliphatic heterocycles. The maximum atomic E-state index is 11.5. The molecule has 1 unspecified atom stereocenters. The second kappa shape index (κ2) is 8.95. The van der Waals surface area contributed by atoms with E-state index in [1.807, 2.05) is 0 Å². The van der Waals surface area contributed by atoms with Crippen molar-refractivity contribution < 1.29 is 54.8 Å². The first-order valence-electron chi connectivity index (χ1n) is 11.8. The van der Waals surface area contributed by atoms with Crippen LogP contribution >= 0.6 is 0 Å². The number of carbonyl (C=O) groups is 1. The van der Waals surface area contributed by atoms with Gasteiger partial charge in [-0.3, -0.25) is 0 Å². The minimum atomic E-state index is -0.998. The van der Waals surface area contributed by atoms with Gasteiger partial charge in [0, 0.05) is 5.97 Å². The first-order valence-corrected chi connectivity index (χ1v) is 11.8. The van der Waals surface area contributed by atoms with Crippen molar-refractivity contribution in [2.45, 2.75) is 96.9 Å². The Morgan fingerprint density at radius 2 is 1.77 bits per heavy atom. The second-order valence-electron chi connectivity index (χ2n) is 11.4. The molecule has 5 nitrogen and oxygen atoms in total. The molecule has 3 N–H and O–H groups in total. The summed E-state index contributed by atoms with van der Waals surface area (Å²) >= 11 is 0. The summed E-state index contributed by atoms with van der Waals surface area (Å²) < 4.78 is 0. The summed E-state index contributed by atoms with van der Waals surface area (Å²) in [6, 6.07) is 0. The summed E-state index contributed by atoms with van der Waals surface area (Å²) in [6.07, 6.45) is 5.72. The van der Waals surface area contributed by atoms with Crippen molar-refractivity contribution in [3.05, 3.63) is 0 Å². The molecule has 30 heavy (non-hydrogen) atoms. The number of carboxylic acid groups (broad SMARTS) is 1. The molecule has 0 amide bonds. The number of rotatable bonds is 4. The average Bonchev–Trinajstić information content (AvgIpc) is 3.01. The van der Waals surface area contributed by atoms with Crippen LogP contribution in [0.5, 0.6) is 0 Å². The standard InChI is InChI=1S/C24H40O5.Na/c1-13(4-7-21(28)29)16-5-6-17-22-18(12-20(27)24(16,17)3)23(2)9-8-15(25)10-14(23)11-19(22)26;/h13-20,22,25-27H,4-12H2,1-3H3,(H,28,29);/q;+1/p-1/t13-,14+,15-,16-,17+,18?,19-,20+,22+,23+,24-;/m1./s1. The van der Waals surface area contributed by atoms with Gasteiger partial charge in [-0.2, -0.15) is 0 Å². The van der Waals surface area contributed by atoms with Crippen molar-refractivity contribution >= 4 is 5.97 Å². The smallest absolute Gasteiger partial charge is 0.550 e. The van der Waals surface area contributed by atoms with Crippen molar-refractivity contribution in [2.24, 2.45) is 46.3 Å². The van der Waals surface area contributed by atoms with E-state index >= 15 is 0 Å². The van der Waals surface area contributed by atoms with Crippen LogP contribution in [-0.2, 0) is 4.79 Å². The van der Waals surface area contributed by atoms with Crippen LogP contribution in [0.3, 0.4) is 0 Å². The Morgan fingerprint density at radius 3 is 2.43 bits per heavy atom. The number of aliphatic hydroxyl groups excluding tert-OH is 3. The SMILES string of the molecule is C[C@H](CCC(=O)[O-])[C@H]1CC[C@H]2[C@H]3C(C[C@H](O)[C@]12C)[C@@]1(C)CC[C@@H](O)C[C@H]1C[C@H]3O.[Na+]. The number of carboxylic acids is 1. The Balaban J connectivity index is 0.00000256. The van der Waals surface area contributed by atoms with Gasteiger partial charge in [0.25, 0.3) is 0 Å². The van der Waals surface area contributed by atoms with Gasteiger partial charge < -0.3 is 25.2 Å². The van der Waals surface area contributed by atoms with Crippen LogP contribution in [0.25, 0.3) is 0 Å². The third kappa shape index (κ3) is 3.84. The molecule has 166 valence electrons. The van der Waals surface area contributed by atoms with Gasteiger partial charge in [-0.25, -0.2) is 0 Å². The molecule has 0 radical (unpaired) electrons. The summed E-state index contributed by atoms with van der Waals surface area (Å²) in [5.74, 6) is 0.635. The molecule has 4 rings (SSSR count). The molecular formula is C24H39NaO5. The maximum absolute atomic E-state index is 11.5. The van der Waals surface area contributed by atoms with E-state index in [2.05, 4.69) is 20.8 Å². The summed E-state index contributed by atoms with van der Waals surface area (Å²) in [5, 5.41) is 43.9. The van der Waals surface area contributed by atoms with E-state index < -0.39 is 12.1 Å². The van der Waals surface area contributed by atoms with E-state index in [1.54, 1.807) is 0 Å². The fourth-order valence-electron chi connectivity index (χ4n) is 8.68. The van der Waals surface area contributed by atoms with Crippen LogP contribution in [0, 0.1) is 46.3 Å². The molecule has 0 heterocycles. The van der Waals surface area contributed by atoms with Crippen LogP contribution in [0.2, 0.25) is 0 Å². The van der Waals surface area contributed by atoms with Crippen molar-refractivity contribution in [1.29, 1.82) is 0 Å². The van der Waals surface area contributed by atoms with E-state index in [4.69, 9.17) is 0 Å². The Morgan fingerprint density at radius 1 is 1.07 bits per heavy atom. The van der Waals surface area contributed by atoms with E-state index in [0.717, 1.165) is 44.9 Å². The molecule has 0 spiro atoms. The number of fused-ring (bicyclic) bond motifs is 5. The summed E-state index contributed by atoms with van der Waals surface area (Å²) in [6.45, 7) is 6.67. The molecule has 6 heteroatoms.